The van der Waals surface area contributed by atoms with Crippen LogP contribution in [0.2, 0.25) is 0 Å². The molecule has 0 amide bonds. The van der Waals surface area contributed by atoms with Gasteiger partial charge in [-0.2, -0.15) is 0 Å². The van der Waals surface area contributed by atoms with Gasteiger partial charge in [0.15, 0.2) is 9.84 Å². The summed E-state index contributed by atoms with van der Waals surface area (Å²) >= 11 is 0. The summed E-state index contributed by atoms with van der Waals surface area (Å²) in [5, 5.41) is 3.41. The Labute approximate surface area is 98.9 Å². The maximum Gasteiger partial charge on any atom is 0.156 e. The van der Waals surface area contributed by atoms with Crippen LogP contribution in [0.4, 0.5) is 0 Å². The lowest BCUT2D eigenvalue weighted by Crippen LogP contribution is -2.61. The van der Waals surface area contributed by atoms with E-state index in [1.165, 1.54) is 0 Å². The molecule has 0 spiro atoms. The highest BCUT2D eigenvalue weighted by Gasteiger charge is 2.46. The molecule has 0 radical (unpaired) electrons. The zero-order valence-corrected chi connectivity index (χ0v) is 11.3. The van der Waals surface area contributed by atoms with E-state index in [1.54, 1.807) is 0 Å². The minimum absolute atomic E-state index is 0.133. The highest BCUT2D eigenvalue weighted by Crippen LogP contribution is 2.36. The largest absolute Gasteiger partial charge is 0.309 e. The van der Waals surface area contributed by atoms with E-state index in [4.69, 9.17) is 0 Å². The van der Waals surface area contributed by atoms with Crippen molar-refractivity contribution in [2.24, 2.45) is 11.8 Å². The predicted molar refractivity (Wildman–Crippen MR) is 66.1 cm³/mol. The highest BCUT2D eigenvalue weighted by molar-refractivity contribution is 7.92. The molecule has 1 aliphatic carbocycles. The standard InChI is InChI=1S/C12H23NO2S/c1-4-10-7-16(14,15)12-9(3)5-8(2)6-11(12)13-10/h8-13H,4-7H2,1-3H3. The summed E-state index contributed by atoms with van der Waals surface area (Å²) in [6.45, 7) is 6.39. The predicted octanol–water partition coefficient (Wildman–Crippen LogP) is 1.59. The molecule has 0 aromatic heterocycles. The van der Waals surface area contributed by atoms with Gasteiger partial charge in [0.1, 0.15) is 0 Å². The molecule has 4 heteroatoms. The van der Waals surface area contributed by atoms with E-state index in [9.17, 15) is 8.42 Å². The Balaban J connectivity index is 2.25. The van der Waals surface area contributed by atoms with E-state index in [0.717, 1.165) is 19.3 Å². The van der Waals surface area contributed by atoms with Crippen LogP contribution < -0.4 is 5.32 Å². The van der Waals surface area contributed by atoms with Gasteiger partial charge in [-0.15, -0.1) is 0 Å². The van der Waals surface area contributed by atoms with Crippen LogP contribution in [0.25, 0.3) is 0 Å². The van der Waals surface area contributed by atoms with Crippen molar-refractivity contribution in [3.63, 3.8) is 0 Å². The van der Waals surface area contributed by atoms with Crippen LogP contribution in [-0.4, -0.2) is 31.5 Å². The second kappa shape index (κ2) is 4.30. The van der Waals surface area contributed by atoms with Gasteiger partial charge in [0.05, 0.1) is 11.0 Å². The lowest BCUT2D eigenvalue weighted by atomic mass is 9.79. The second-order valence-electron chi connectivity index (χ2n) is 5.73. The molecule has 2 fully saturated rings. The number of hydrogen-bond donors (Lipinski definition) is 1. The number of rotatable bonds is 1. The Morgan fingerprint density at radius 2 is 1.94 bits per heavy atom. The van der Waals surface area contributed by atoms with E-state index >= 15 is 0 Å². The fourth-order valence-electron chi connectivity index (χ4n) is 3.57. The molecular formula is C12H23NO2S. The third-order valence-corrected chi connectivity index (χ3v) is 6.67. The average Bonchev–Trinajstić information content (AvgIpc) is 2.13. The van der Waals surface area contributed by atoms with E-state index < -0.39 is 9.84 Å². The smallest absolute Gasteiger partial charge is 0.156 e. The Hall–Kier alpha value is -0.0900. The Kier molecular flexibility index (Phi) is 3.32. The number of fused-ring (bicyclic) bond motifs is 1. The van der Waals surface area contributed by atoms with Gasteiger partial charge >= 0.3 is 0 Å². The molecule has 0 aromatic carbocycles. The molecule has 1 aliphatic heterocycles. The molecule has 5 atom stereocenters. The molecular weight excluding hydrogens is 222 g/mol. The Bertz CT molecular complexity index is 352. The summed E-state index contributed by atoms with van der Waals surface area (Å²) in [5.74, 6) is 1.29. The molecule has 0 bridgehead atoms. The third-order valence-electron chi connectivity index (χ3n) is 4.18. The first-order valence-electron chi connectivity index (χ1n) is 6.41. The van der Waals surface area contributed by atoms with Crippen LogP contribution in [0.1, 0.15) is 40.0 Å². The minimum Gasteiger partial charge on any atom is -0.309 e. The van der Waals surface area contributed by atoms with E-state index in [2.05, 4.69) is 26.1 Å². The van der Waals surface area contributed by atoms with E-state index in [-0.39, 0.29) is 17.3 Å². The lowest BCUT2D eigenvalue weighted by Gasteiger charge is -2.45. The number of hydrogen-bond acceptors (Lipinski definition) is 3. The summed E-state index contributed by atoms with van der Waals surface area (Å²) in [6.07, 6.45) is 2.98. The fourth-order valence-corrected chi connectivity index (χ4v) is 6.20. The van der Waals surface area contributed by atoms with Crippen LogP contribution in [-0.2, 0) is 9.84 Å². The van der Waals surface area contributed by atoms with Crippen LogP contribution in [0.3, 0.4) is 0 Å². The van der Waals surface area contributed by atoms with Gasteiger partial charge < -0.3 is 5.32 Å². The lowest BCUT2D eigenvalue weighted by molar-refractivity contribution is 0.219. The van der Waals surface area contributed by atoms with E-state index in [0.29, 0.717) is 17.6 Å². The van der Waals surface area contributed by atoms with E-state index in [1.807, 2.05) is 0 Å². The normalized spacial score (nSPS) is 47.3. The van der Waals surface area contributed by atoms with Crippen molar-refractivity contribution in [2.75, 3.05) is 5.75 Å². The summed E-state index contributed by atoms with van der Waals surface area (Å²) in [7, 11) is -2.88. The first-order valence-corrected chi connectivity index (χ1v) is 8.13. The van der Waals surface area contributed by atoms with Crippen LogP contribution in [0, 0.1) is 11.8 Å². The van der Waals surface area contributed by atoms with Gasteiger partial charge in [-0.05, 0) is 31.1 Å². The second-order valence-corrected chi connectivity index (χ2v) is 7.93. The van der Waals surface area contributed by atoms with Crippen molar-refractivity contribution in [3.8, 4) is 0 Å². The molecule has 0 aromatic rings. The summed E-state index contributed by atoms with van der Waals surface area (Å²) < 4.78 is 24.5. The van der Waals surface area contributed by atoms with Crippen molar-refractivity contribution in [3.05, 3.63) is 0 Å². The molecule has 1 saturated heterocycles. The highest BCUT2D eigenvalue weighted by atomic mass is 32.2. The molecule has 1 heterocycles. The van der Waals surface area contributed by atoms with Gasteiger partial charge in [-0.25, -0.2) is 8.42 Å². The number of nitrogens with one attached hydrogen (secondary N) is 1. The first kappa shape index (κ1) is 12.4. The average molecular weight is 245 g/mol. The van der Waals surface area contributed by atoms with Gasteiger partial charge in [0, 0.05) is 12.1 Å². The molecule has 1 saturated carbocycles. The van der Waals surface area contributed by atoms with Crippen LogP contribution in [0.5, 0.6) is 0 Å². The monoisotopic (exact) mass is 245 g/mol. The van der Waals surface area contributed by atoms with Crippen LogP contribution >= 0.6 is 0 Å². The summed E-state index contributed by atoms with van der Waals surface area (Å²) in [4.78, 5) is 0. The fraction of sp³-hybridized carbons (Fsp3) is 1.00. The van der Waals surface area contributed by atoms with Crippen molar-refractivity contribution in [2.45, 2.75) is 57.4 Å². The van der Waals surface area contributed by atoms with Gasteiger partial charge in [0.2, 0.25) is 0 Å². The van der Waals surface area contributed by atoms with Crippen molar-refractivity contribution in [1.82, 2.24) is 5.32 Å². The zero-order valence-electron chi connectivity index (χ0n) is 10.4. The van der Waals surface area contributed by atoms with Crippen molar-refractivity contribution >= 4 is 9.84 Å². The molecule has 2 aliphatic rings. The van der Waals surface area contributed by atoms with Crippen molar-refractivity contribution < 1.29 is 8.42 Å². The topological polar surface area (TPSA) is 46.2 Å². The van der Waals surface area contributed by atoms with Gasteiger partial charge in [0.25, 0.3) is 0 Å². The van der Waals surface area contributed by atoms with Crippen molar-refractivity contribution in [1.29, 1.82) is 0 Å². The maximum absolute atomic E-state index is 12.3. The molecule has 1 N–H and O–H groups in total. The van der Waals surface area contributed by atoms with Gasteiger partial charge in [-0.3, -0.25) is 0 Å². The SMILES string of the molecule is CCC1CS(=O)(=O)C2C(C)CC(C)CC2N1. The first-order chi connectivity index (χ1) is 7.44. The molecule has 94 valence electrons. The molecule has 16 heavy (non-hydrogen) atoms. The molecule has 3 nitrogen and oxygen atoms in total. The number of sulfone groups is 1. The summed E-state index contributed by atoms with van der Waals surface area (Å²) in [5.41, 5.74) is 0. The minimum atomic E-state index is -2.88. The third kappa shape index (κ3) is 2.14. The Morgan fingerprint density at radius 1 is 1.25 bits per heavy atom. The zero-order chi connectivity index (χ0) is 11.9. The Morgan fingerprint density at radius 3 is 2.56 bits per heavy atom. The van der Waals surface area contributed by atoms with Crippen LogP contribution in [0.15, 0.2) is 0 Å². The quantitative estimate of drug-likeness (QED) is 0.763. The van der Waals surface area contributed by atoms with Gasteiger partial charge in [-0.1, -0.05) is 20.8 Å². The molecule has 2 rings (SSSR count). The maximum atomic E-state index is 12.3. The summed E-state index contributed by atoms with van der Waals surface area (Å²) in [6, 6.07) is 0.367. The molecule has 5 unspecified atom stereocenters.